The van der Waals surface area contributed by atoms with Crippen LogP contribution in [0.4, 0.5) is 5.69 Å². The lowest BCUT2D eigenvalue weighted by Crippen LogP contribution is -3.00. The molecular weight excluding hydrogens is 573 g/mol. The van der Waals surface area contributed by atoms with Gasteiger partial charge in [-0.15, -0.1) is 0 Å². The number of nitrogens with one attached hydrogen (secondary N) is 3. The van der Waals surface area contributed by atoms with E-state index in [0.717, 1.165) is 23.3 Å². The second-order valence-corrected chi connectivity index (χ2v) is 10.3. The lowest BCUT2D eigenvalue weighted by Gasteiger charge is -2.31. The Morgan fingerprint density at radius 3 is 2.38 bits per heavy atom. The number of aromatic amines is 1. The van der Waals surface area contributed by atoms with Crippen LogP contribution in [0, 0.1) is 0 Å². The number of hydrogen-bond acceptors (Lipinski definition) is 5. The molecule has 3 N–H and O–H groups in total. The summed E-state index contributed by atoms with van der Waals surface area (Å²) in [4.78, 5) is 16.3. The number of halogens is 2. The number of fused-ring (bicyclic) bond motifs is 3. The minimum atomic E-state index is -0.319. The van der Waals surface area contributed by atoms with E-state index < -0.39 is 0 Å². The predicted octanol–water partition coefficient (Wildman–Crippen LogP) is 3.68. The maximum Gasteiger partial charge on any atom is 0.262 e. The van der Waals surface area contributed by atoms with E-state index in [0.29, 0.717) is 28.0 Å². The first kappa shape index (κ1) is 29.3. The van der Waals surface area contributed by atoms with Gasteiger partial charge in [0.15, 0.2) is 18.1 Å². The quantitative estimate of drug-likeness (QED) is 0.252. The van der Waals surface area contributed by atoms with E-state index in [2.05, 4.69) is 64.1 Å². The number of amides is 1. The van der Waals surface area contributed by atoms with Crippen LogP contribution in [0.3, 0.4) is 0 Å². The summed E-state index contributed by atoms with van der Waals surface area (Å²) in [5.41, 5.74) is 6.43. The molecule has 1 aliphatic rings. The molecule has 4 aromatic carbocycles. The van der Waals surface area contributed by atoms with Gasteiger partial charge in [0.05, 0.1) is 25.3 Å². The van der Waals surface area contributed by atoms with Crippen LogP contribution in [0.15, 0.2) is 91.0 Å². The molecule has 2 heterocycles. The Morgan fingerprint density at radius 1 is 0.881 bits per heavy atom. The van der Waals surface area contributed by atoms with Crippen molar-refractivity contribution in [2.75, 3.05) is 32.7 Å². The van der Waals surface area contributed by atoms with Gasteiger partial charge >= 0.3 is 0 Å². The molecule has 0 saturated heterocycles. The molecule has 1 amide bonds. The topological polar surface area (TPSA) is 84.6 Å². The highest BCUT2D eigenvalue weighted by Crippen LogP contribution is 2.42. The Hall–Kier alpha value is -4.17. The summed E-state index contributed by atoms with van der Waals surface area (Å²) in [6.45, 7) is 0.603. The van der Waals surface area contributed by atoms with Crippen molar-refractivity contribution in [3.63, 3.8) is 0 Å². The van der Waals surface area contributed by atoms with Crippen LogP contribution >= 0.6 is 11.6 Å². The molecule has 0 saturated carbocycles. The van der Waals surface area contributed by atoms with Crippen LogP contribution in [0.1, 0.15) is 34.3 Å². The maximum atomic E-state index is 12.6. The second-order valence-electron chi connectivity index (χ2n) is 9.90. The van der Waals surface area contributed by atoms with Crippen molar-refractivity contribution in [2.45, 2.75) is 12.0 Å². The van der Waals surface area contributed by atoms with Crippen molar-refractivity contribution in [3.8, 4) is 17.2 Å². The highest BCUT2D eigenvalue weighted by molar-refractivity contribution is 6.32. The van der Waals surface area contributed by atoms with Gasteiger partial charge in [-0.2, -0.15) is 0 Å². The van der Waals surface area contributed by atoms with Crippen molar-refractivity contribution < 1.29 is 31.4 Å². The lowest BCUT2D eigenvalue weighted by molar-refractivity contribution is -0.118. The van der Waals surface area contributed by atoms with Gasteiger partial charge in [0.1, 0.15) is 5.75 Å². The first-order valence-electron chi connectivity index (χ1n) is 13.4. The summed E-state index contributed by atoms with van der Waals surface area (Å²) in [6.07, 6.45) is 0. The third kappa shape index (κ3) is 5.77. The third-order valence-electron chi connectivity index (χ3n) is 7.46. The predicted molar refractivity (Wildman–Crippen MR) is 162 cm³/mol. The molecule has 6 rings (SSSR count). The number of carbonyl (C=O) groups is 1. The van der Waals surface area contributed by atoms with E-state index in [1.807, 2.05) is 24.3 Å². The maximum absolute atomic E-state index is 12.6. The SMILES string of the molecule is COc1ccc(NC(=O)COc2ccc(C3NCC(c4ccccc4)c4c3[nH]c3ccccc43)cc2OC)cc1Cl.[Cl-]. The van der Waals surface area contributed by atoms with E-state index in [-0.39, 0.29) is 36.9 Å². The van der Waals surface area contributed by atoms with Gasteiger partial charge in [0.2, 0.25) is 0 Å². The molecule has 216 valence electrons. The number of methoxy groups -OCH3 is 2. The van der Waals surface area contributed by atoms with Crippen LogP contribution in [0.2, 0.25) is 5.02 Å². The number of para-hydroxylation sites is 1. The van der Waals surface area contributed by atoms with Crippen molar-refractivity contribution in [1.82, 2.24) is 10.3 Å². The van der Waals surface area contributed by atoms with Gasteiger partial charge in [-0.25, -0.2) is 0 Å². The monoisotopic (exact) mass is 602 g/mol. The van der Waals surface area contributed by atoms with Gasteiger partial charge in [0.25, 0.3) is 5.91 Å². The van der Waals surface area contributed by atoms with Crippen LogP contribution in [-0.2, 0) is 4.79 Å². The molecule has 42 heavy (non-hydrogen) atoms. The molecule has 0 bridgehead atoms. The second kappa shape index (κ2) is 12.8. The molecule has 2 unspecified atom stereocenters. The Bertz CT molecular complexity index is 1710. The zero-order valence-corrected chi connectivity index (χ0v) is 24.6. The third-order valence-corrected chi connectivity index (χ3v) is 7.75. The molecule has 0 radical (unpaired) electrons. The average molecular weight is 604 g/mol. The fourth-order valence-electron chi connectivity index (χ4n) is 5.55. The van der Waals surface area contributed by atoms with E-state index >= 15 is 0 Å². The Morgan fingerprint density at radius 2 is 1.62 bits per heavy atom. The molecule has 0 fully saturated rings. The van der Waals surface area contributed by atoms with Crippen molar-refractivity contribution in [3.05, 3.63) is 118 Å². The van der Waals surface area contributed by atoms with Crippen molar-refractivity contribution in [2.24, 2.45) is 0 Å². The molecular formula is C33H30Cl2N3O4-. The van der Waals surface area contributed by atoms with Crippen LogP contribution in [-0.4, -0.2) is 38.3 Å². The smallest absolute Gasteiger partial charge is 0.262 e. The Kier molecular flexibility index (Phi) is 8.92. The Balaban J connectivity index is 0.00000353. The highest BCUT2D eigenvalue weighted by Gasteiger charge is 2.32. The standard InChI is InChI=1S/C33H30ClN3O4.ClH/c1-39-27-15-13-22(17-25(27)34)36-30(38)19-41-28-14-12-21(16-29(28)40-2)32-33-31(23-10-6-7-11-26(23)37-33)24(18-35-32)20-8-4-3-5-9-20;/h3-17,24,32,35,37H,18-19H2,1-2H3,(H,36,38);1H/p-1. The highest BCUT2D eigenvalue weighted by atomic mass is 35.5. The summed E-state index contributed by atoms with van der Waals surface area (Å²) in [7, 11) is 3.14. The van der Waals surface area contributed by atoms with Crippen LogP contribution < -0.4 is 37.3 Å². The molecule has 1 aliphatic heterocycles. The number of aromatic nitrogens is 1. The van der Waals surface area contributed by atoms with Gasteiger partial charge < -0.3 is 42.2 Å². The zero-order valence-electron chi connectivity index (χ0n) is 23.1. The van der Waals surface area contributed by atoms with Gasteiger partial charge in [-0.05, 0) is 53.1 Å². The zero-order chi connectivity index (χ0) is 28.3. The summed E-state index contributed by atoms with van der Waals surface area (Å²) < 4.78 is 16.7. The van der Waals surface area contributed by atoms with E-state index in [4.69, 9.17) is 25.8 Å². The number of hydrogen-bond donors (Lipinski definition) is 3. The first-order valence-corrected chi connectivity index (χ1v) is 13.8. The van der Waals surface area contributed by atoms with E-state index in [1.165, 1.54) is 23.6 Å². The van der Waals surface area contributed by atoms with Gasteiger partial charge in [0, 0.05) is 34.7 Å². The molecule has 5 aromatic rings. The summed E-state index contributed by atoms with van der Waals surface area (Å²) in [5, 5.41) is 8.18. The number of anilines is 1. The minimum absolute atomic E-state index is 0. The summed E-state index contributed by atoms with van der Waals surface area (Å²) in [6, 6.07) is 29.8. The largest absolute Gasteiger partial charge is 1.00 e. The lowest BCUT2D eigenvalue weighted by atomic mass is 9.83. The van der Waals surface area contributed by atoms with Crippen LogP contribution in [0.5, 0.6) is 17.2 Å². The summed E-state index contributed by atoms with van der Waals surface area (Å²) >= 11 is 6.17. The minimum Gasteiger partial charge on any atom is -1.00 e. The number of rotatable bonds is 8. The van der Waals surface area contributed by atoms with Gasteiger partial charge in [-0.3, -0.25) is 4.79 Å². The first-order chi connectivity index (χ1) is 20.1. The number of benzene rings is 4. The molecule has 2 atom stereocenters. The van der Waals surface area contributed by atoms with Crippen molar-refractivity contribution in [1.29, 1.82) is 0 Å². The average Bonchev–Trinajstić information content (AvgIpc) is 3.40. The van der Waals surface area contributed by atoms with Crippen molar-refractivity contribution >= 4 is 34.1 Å². The van der Waals surface area contributed by atoms with Crippen LogP contribution in [0.25, 0.3) is 10.9 Å². The molecule has 1 aromatic heterocycles. The summed E-state index contributed by atoms with van der Waals surface area (Å²) in [5.74, 6) is 1.47. The number of H-pyrrole nitrogens is 1. The normalized spacial score (nSPS) is 15.8. The molecule has 0 aliphatic carbocycles. The fourth-order valence-corrected chi connectivity index (χ4v) is 5.81. The molecule has 9 heteroatoms. The van der Waals surface area contributed by atoms with Gasteiger partial charge in [-0.1, -0.05) is 66.2 Å². The van der Waals surface area contributed by atoms with E-state index in [1.54, 1.807) is 25.3 Å². The van der Waals surface area contributed by atoms with E-state index in [9.17, 15) is 4.79 Å². The molecule has 7 nitrogen and oxygen atoms in total. The fraction of sp³-hybridized carbons (Fsp3) is 0.182. The molecule has 0 spiro atoms. The number of ether oxygens (including phenoxy) is 3. The Labute approximate surface area is 255 Å². The number of carbonyl (C=O) groups excluding carboxylic acids is 1.